The van der Waals surface area contributed by atoms with Gasteiger partial charge in [-0.1, -0.05) is 36.1 Å². The molecule has 1 aliphatic rings. The summed E-state index contributed by atoms with van der Waals surface area (Å²) in [4.78, 5) is 9.20. The first kappa shape index (κ1) is 13.3. The number of thiazole rings is 1. The van der Waals surface area contributed by atoms with E-state index < -0.39 is 0 Å². The molecular formula is C13H15N3S3. The van der Waals surface area contributed by atoms with E-state index in [4.69, 9.17) is 12.2 Å². The highest BCUT2D eigenvalue weighted by Crippen LogP contribution is 2.23. The van der Waals surface area contributed by atoms with E-state index in [0.29, 0.717) is 0 Å². The van der Waals surface area contributed by atoms with E-state index in [1.807, 2.05) is 6.07 Å². The molecule has 0 radical (unpaired) electrons. The first-order valence-corrected chi connectivity index (χ1v) is 8.38. The second kappa shape index (κ2) is 5.75. The van der Waals surface area contributed by atoms with E-state index in [-0.39, 0.29) is 0 Å². The number of para-hydroxylation sites is 1. The lowest BCUT2D eigenvalue weighted by Crippen LogP contribution is -2.35. The van der Waals surface area contributed by atoms with Crippen LogP contribution >= 0.6 is 35.3 Å². The molecule has 1 aromatic heterocycles. The Morgan fingerprint density at radius 2 is 2.26 bits per heavy atom. The van der Waals surface area contributed by atoms with E-state index >= 15 is 0 Å². The topological polar surface area (TPSA) is 19.4 Å². The van der Waals surface area contributed by atoms with E-state index in [1.54, 1.807) is 23.1 Å². The lowest BCUT2D eigenvalue weighted by atomic mass is 10.3. The maximum atomic E-state index is 5.33. The first-order valence-electron chi connectivity index (χ1n) is 6.17. The van der Waals surface area contributed by atoms with E-state index in [9.17, 15) is 0 Å². The molecule has 6 heteroatoms. The Balaban J connectivity index is 1.65. The van der Waals surface area contributed by atoms with Gasteiger partial charge in [-0.2, -0.15) is 0 Å². The summed E-state index contributed by atoms with van der Waals surface area (Å²) >= 11 is 8.88. The predicted molar refractivity (Wildman–Crippen MR) is 87.7 cm³/mol. The Morgan fingerprint density at radius 3 is 3.00 bits per heavy atom. The van der Waals surface area contributed by atoms with Crippen molar-refractivity contribution >= 4 is 49.9 Å². The number of thiocarbonyl (C=S) groups is 1. The Bertz CT molecular complexity index is 563. The minimum absolute atomic E-state index is 0.878. The number of aromatic nitrogens is 1. The second-order valence-electron chi connectivity index (χ2n) is 4.61. The van der Waals surface area contributed by atoms with Crippen LogP contribution in [0.3, 0.4) is 0 Å². The fourth-order valence-electron chi connectivity index (χ4n) is 2.11. The molecule has 0 unspecified atom stereocenters. The van der Waals surface area contributed by atoms with Gasteiger partial charge in [0.05, 0.1) is 23.4 Å². The van der Waals surface area contributed by atoms with Crippen LogP contribution in [0.15, 0.2) is 24.3 Å². The van der Waals surface area contributed by atoms with Crippen LogP contribution in [0.2, 0.25) is 0 Å². The smallest absolute Gasteiger partial charge is 0.137 e. The van der Waals surface area contributed by atoms with Gasteiger partial charge in [0.25, 0.3) is 0 Å². The Labute approximate surface area is 126 Å². The fourth-order valence-corrected chi connectivity index (χ4v) is 4.38. The Morgan fingerprint density at radius 1 is 1.42 bits per heavy atom. The number of benzene rings is 1. The van der Waals surface area contributed by atoms with Crippen LogP contribution in [-0.2, 0) is 6.54 Å². The van der Waals surface area contributed by atoms with Gasteiger partial charge in [0.1, 0.15) is 9.33 Å². The minimum atomic E-state index is 0.878. The number of hydrogen-bond donors (Lipinski definition) is 0. The van der Waals surface area contributed by atoms with Crippen molar-refractivity contribution in [2.24, 2.45) is 0 Å². The minimum Gasteiger partial charge on any atom is -0.344 e. The average Bonchev–Trinajstić information content (AvgIpc) is 2.95. The third-order valence-corrected chi connectivity index (χ3v) is 5.53. The summed E-state index contributed by atoms with van der Waals surface area (Å²) in [6, 6.07) is 8.30. The summed E-state index contributed by atoms with van der Waals surface area (Å²) in [5.74, 6) is 1.12. The van der Waals surface area contributed by atoms with Gasteiger partial charge in [0, 0.05) is 12.3 Å². The van der Waals surface area contributed by atoms with Crippen molar-refractivity contribution < 1.29 is 0 Å². The summed E-state index contributed by atoms with van der Waals surface area (Å²) in [5, 5.41) is 1.17. The van der Waals surface area contributed by atoms with Gasteiger partial charge in [0.15, 0.2) is 0 Å². The average molecular weight is 309 g/mol. The molecule has 0 N–H and O–H groups in total. The van der Waals surface area contributed by atoms with Crippen molar-refractivity contribution in [3.8, 4) is 0 Å². The van der Waals surface area contributed by atoms with Crippen molar-refractivity contribution in [1.29, 1.82) is 0 Å². The maximum absolute atomic E-state index is 5.33. The van der Waals surface area contributed by atoms with Gasteiger partial charge in [0.2, 0.25) is 0 Å². The highest BCUT2D eigenvalue weighted by molar-refractivity contribution is 8.23. The van der Waals surface area contributed by atoms with Gasteiger partial charge in [-0.15, -0.1) is 11.3 Å². The summed E-state index contributed by atoms with van der Waals surface area (Å²) in [7, 11) is 2.12. The molecule has 0 bridgehead atoms. The van der Waals surface area contributed by atoms with Crippen LogP contribution in [0.5, 0.6) is 0 Å². The van der Waals surface area contributed by atoms with Crippen LogP contribution in [0.4, 0.5) is 0 Å². The first-order chi connectivity index (χ1) is 9.22. The van der Waals surface area contributed by atoms with Crippen molar-refractivity contribution in [3.05, 3.63) is 29.3 Å². The highest BCUT2D eigenvalue weighted by atomic mass is 32.2. The molecule has 1 aromatic carbocycles. The van der Waals surface area contributed by atoms with E-state index in [1.165, 1.54) is 9.71 Å². The number of rotatable bonds is 4. The summed E-state index contributed by atoms with van der Waals surface area (Å²) < 4.78 is 2.29. The molecule has 100 valence electrons. The van der Waals surface area contributed by atoms with Crippen molar-refractivity contribution in [3.63, 3.8) is 0 Å². The standard InChI is InChI=1S/C13H15N3S3/c1-15(9-16-6-7-18-13(16)17)8-12-14-10-4-2-3-5-11(10)19-12/h2-5H,6-9H2,1H3. The molecule has 19 heavy (non-hydrogen) atoms. The Kier molecular flexibility index (Phi) is 4.02. The summed E-state index contributed by atoms with van der Waals surface area (Å²) in [5.41, 5.74) is 1.10. The molecule has 2 aromatic rings. The zero-order chi connectivity index (χ0) is 13.2. The summed E-state index contributed by atoms with van der Waals surface area (Å²) in [6.45, 7) is 2.83. The molecular weight excluding hydrogens is 294 g/mol. The lowest BCUT2D eigenvalue weighted by molar-refractivity contribution is 0.229. The quantitative estimate of drug-likeness (QED) is 0.806. The normalized spacial score (nSPS) is 15.9. The fraction of sp³-hybridized carbons (Fsp3) is 0.385. The molecule has 3 rings (SSSR count). The number of nitrogens with zero attached hydrogens (tertiary/aromatic N) is 3. The van der Waals surface area contributed by atoms with Gasteiger partial charge in [-0.05, 0) is 19.2 Å². The number of thioether (sulfide) groups is 1. The molecule has 2 heterocycles. The monoisotopic (exact) mass is 309 g/mol. The van der Waals surface area contributed by atoms with Gasteiger partial charge in [-0.3, -0.25) is 4.90 Å². The van der Waals surface area contributed by atoms with Crippen LogP contribution in [-0.4, -0.2) is 45.1 Å². The molecule has 0 atom stereocenters. The summed E-state index contributed by atoms with van der Waals surface area (Å²) in [6.07, 6.45) is 0. The molecule has 1 saturated heterocycles. The van der Waals surface area contributed by atoms with Crippen molar-refractivity contribution in [2.75, 3.05) is 26.0 Å². The molecule has 1 aliphatic heterocycles. The third kappa shape index (κ3) is 3.08. The molecule has 0 spiro atoms. The van der Waals surface area contributed by atoms with Gasteiger partial charge in [-0.25, -0.2) is 4.98 Å². The van der Waals surface area contributed by atoms with Gasteiger partial charge < -0.3 is 4.90 Å². The van der Waals surface area contributed by atoms with Crippen molar-refractivity contribution in [2.45, 2.75) is 6.54 Å². The van der Waals surface area contributed by atoms with E-state index in [2.05, 4.69) is 40.0 Å². The zero-order valence-corrected chi connectivity index (χ0v) is 13.2. The van der Waals surface area contributed by atoms with Crippen LogP contribution in [0.25, 0.3) is 10.2 Å². The highest BCUT2D eigenvalue weighted by Gasteiger charge is 2.19. The van der Waals surface area contributed by atoms with Crippen LogP contribution in [0, 0.1) is 0 Å². The van der Waals surface area contributed by atoms with Crippen LogP contribution < -0.4 is 0 Å². The SMILES string of the molecule is CN(Cc1nc2ccccc2s1)CN1CCSC1=S. The Hall–Kier alpha value is -0.690. The maximum Gasteiger partial charge on any atom is 0.137 e. The van der Waals surface area contributed by atoms with Gasteiger partial charge >= 0.3 is 0 Å². The molecule has 0 saturated carbocycles. The molecule has 0 aliphatic carbocycles. The third-order valence-electron chi connectivity index (χ3n) is 3.00. The predicted octanol–water partition coefficient (Wildman–Crippen LogP) is 3.02. The molecule has 0 amide bonds. The second-order valence-corrected chi connectivity index (χ2v) is 7.45. The van der Waals surface area contributed by atoms with Crippen LogP contribution in [0.1, 0.15) is 5.01 Å². The van der Waals surface area contributed by atoms with E-state index in [0.717, 1.165) is 35.3 Å². The number of fused-ring (bicyclic) bond motifs is 1. The number of hydrogen-bond acceptors (Lipinski definition) is 5. The zero-order valence-electron chi connectivity index (χ0n) is 10.7. The molecule has 1 fully saturated rings. The largest absolute Gasteiger partial charge is 0.344 e. The van der Waals surface area contributed by atoms with Crippen molar-refractivity contribution in [1.82, 2.24) is 14.8 Å². The lowest BCUT2D eigenvalue weighted by Gasteiger charge is -2.23. The molecule has 3 nitrogen and oxygen atoms in total.